The van der Waals surface area contributed by atoms with Gasteiger partial charge in [-0.15, -0.1) is 0 Å². The first-order valence-electron chi connectivity index (χ1n) is 10.7. The number of likely N-dealkylation sites (N-methyl/N-ethyl adjacent to an activating group) is 1. The summed E-state index contributed by atoms with van der Waals surface area (Å²) in [6.07, 6.45) is 3.75. The molecule has 31 heavy (non-hydrogen) atoms. The van der Waals surface area contributed by atoms with Crippen LogP contribution in [0.15, 0.2) is 6.20 Å². The minimum Gasteiger partial charge on any atom is -0.480 e. The molecule has 0 unspecified atom stereocenters. The average molecular weight is 421 g/mol. The number of hydrogen-bond donors (Lipinski definition) is 0. The monoisotopic (exact) mass is 421 g/mol. The molecule has 2 aromatic rings. The lowest BCUT2D eigenvalue weighted by atomic mass is 9.77. The van der Waals surface area contributed by atoms with E-state index in [0.717, 1.165) is 47.6 Å². The van der Waals surface area contributed by atoms with Crippen molar-refractivity contribution in [2.75, 3.05) is 18.5 Å². The number of nitrogens with zero attached hydrogens (tertiary/aromatic N) is 5. The number of aryl methyl sites for hydroxylation is 2. The summed E-state index contributed by atoms with van der Waals surface area (Å²) in [4.78, 5) is 6.94. The van der Waals surface area contributed by atoms with Gasteiger partial charge in [0, 0.05) is 31.3 Å². The standard InChI is InChI=1S/C22H28BN5O3/c1-13-16(14(10-24)18-19(26-13)27(6)12-22(29-18)8-9-22)17-15(11-25-28(17)7)23-30-20(2,3)21(4,5)31-23/h11H,8-9,12H2,1-7H3. The maximum Gasteiger partial charge on any atom is 0.498 e. The third-order valence-corrected chi connectivity index (χ3v) is 7.15. The SMILES string of the molecule is Cc1nc2c(c(C#N)c1-c1c(B3OC(C)(C)C(C)(C)O3)cnn1C)OC1(CC1)CN2C. The first-order chi connectivity index (χ1) is 14.5. The van der Waals surface area contributed by atoms with Gasteiger partial charge in [0.1, 0.15) is 17.2 Å². The van der Waals surface area contributed by atoms with Gasteiger partial charge in [-0.3, -0.25) is 4.68 Å². The van der Waals surface area contributed by atoms with Crippen molar-refractivity contribution in [1.82, 2.24) is 14.8 Å². The van der Waals surface area contributed by atoms with Gasteiger partial charge in [-0.05, 0) is 47.5 Å². The smallest absolute Gasteiger partial charge is 0.480 e. The normalized spacial score (nSPS) is 22.3. The second kappa shape index (κ2) is 6.24. The Kier molecular flexibility index (Phi) is 4.09. The van der Waals surface area contributed by atoms with Crippen molar-refractivity contribution < 1.29 is 14.0 Å². The van der Waals surface area contributed by atoms with Crippen LogP contribution in [0.3, 0.4) is 0 Å². The Morgan fingerprint density at radius 2 is 1.77 bits per heavy atom. The third kappa shape index (κ3) is 2.89. The van der Waals surface area contributed by atoms with Crippen LogP contribution in [-0.4, -0.2) is 52.3 Å². The first-order valence-corrected chi connectivity index (χ1v) is 10.7. The number of ether oxygens (including phenoxy) is 1. The van der Waals surface area contributed by atoms with E-state index in [0.29, 0.717) is 11.3 Å². The number of anilines is 1. The van der Waals surface area contributed by atoms with Gasteiger partial charge in [0.05, 0.1) is 29.1 Å². The summed E-state index contributed by atoms with van der Waals surface area (Å²) in [5, 5.41) is 14.7. The number of nitriles is 1. The summed E-state index contributed by atoms with van der Waals surface area (Å²) in [5.74, 6) is 1.28. The Hall–Kier alpha value is -2.57. The van der Waals surface area contributed by atoms with Crippen LogP contribution in [0, 0.1) is 18.3 Å². The highest BCUT2D eigenvalue weighted by Crippen LogP contribution is 2.50. The fourth-order valence-electron chi connectivity index (χ4n) is 4.48. The van der Waals surface area contributed by atoms with E-state index in [1.807, 2.05) is 48.7 Å². The van der Waals surface area contributed by atoms with E-state index in [1.165, 1.54) is 0 Å². The van der Waals surface area contributed by atoms with E-state index < -0.39 is 18.3 Å². The minimum atomic E-state index is -0.589. The van der Waals surface area contributed by atoms with Gasteiger partial charge in [-0.1, -0.05) is 0 Å². The second-order valence-corrected chi connectivity index (χ2v) is 10.0. The van der Waals surface area contributed by atoms with Gasteiger partial charge < -0.3 is 18.9 Å². The predicted octanol–water partition coefficient (Wildman–Crippen LogP) is 2.32. The average Bonchev–Trinajstić information content (AvgIpc) is 3.23. The molecule has 4 heterocycles. The first kappa shape index (κ1) is 20.3. The van der Waals surface area contributed by atoms with Gasteiger partial charge in [0.25, 0.3) is 0 Å². The van der Waals surface area contributed by atoms with Gasteiger partial charge in [0.15, 0.2) is 11.6 Å². The van der Waals surface area contributed by atoms with Crippen LogP contribution in [0.5, 0.6) is 5.75 Å². The van der Waals surface area contributed by atoms with Crippen molar-refractivity contribution in [1.29, 1.82) is 5.26 Å². The zero-order valence-electron chi connectivity index (χ0n) is 19.2. The number of rotatable bonds is 2. The van der Waals surface area contributed by atoms with Crippen molar-refractivity contribution in [2.45, 2.75) is 64.3 Å². The zero-order valence-corrected chi connectivity index (χ0v) is 19.2. The lowest BCUT2D eigenvalue weighted by Gasteiger charge is -2.34. The van der Waals surface area contributed by atoms with Gasteiger partial charge in [0.2, 0.25) is 0 Å². The molecule has 8 nitrogen and oxygen atoms in total. The van der Waals surface area contributed by atoms with Crippen LogP contribution in [0.4, 0.5) is 5.82 Å². The topological polar surface area (TPSA) is 85.4 Å². The second-order valence-electron chi connectivity index (χ2n) is 10.0. The molecule has 2 fully saturated rings. The maximum atomic E-state index is 10.2. The quantitative estimate of drug-likeness (QED) is 0.688. The summed E-state index contributed by atoms with van der Waals surface area (Å²) >= 11 is 0. The Labute approximate surface area is 183 Å². The molecule has 2 aromatic heterocycles. The molecule has 1 spiro atoms. The lowest BCUT2D eigenvalue weighted by Crippen LogP contribution is -2.41. The maximum absolute atomic E-state index is 10.2. The van der Waals surface area contributed by atoms with Crippen LogP contribution >= 0.6 is 0 Å². The summed E-state index contributed by atoms with van der Waals surface area (Å²) in [7, 11) is 3.28. The molecule has 1 aliphatic carbocycles. The van der Waals surface area contributed by atoms with Crippen molar-refractivity contribution in [3.05, 3.63) is 17.5 Å². The van der Waals surface area contributed by atoms with E-state index >= 15 is 0 Å². The van der Waals surface area contributed by atoms with Crippen molar-refractivity contribution in [2.24, 2.45) is 7.05 Å². The largest absolute Gasteiger partial charge is 0.498 e. The molecule has 0 aromatic carbocycles. The molecule has 5 rings (SSSR count). The predicted molar refractivity (Wildman–Crippen MR) is 117 cm³/mol. The van der Waals surface area contributed by atoms with Crippen molar-refractivity contribution >= 4 is 18.4 Å². The van der Waals surface area contributed by atoms with E-state index in [1.54, 1.807) is 10.9 Å². The zero-order chi connectivity index (χ0) is 22.3. The molecular weight excluding hydrogens is 393 g/mol. The molecule has 0 atom stereocenters. The Balaban J connectivity index is 1.68. The van der Waals surface area contributed by atoms with E-state index in [9.17, 15) is 5.26 Å². The number of aromatic nitrogens is 3. The molecule has 9 heteroatoms. The van der Waals surface area contributed by atoms with E-state index in [2.05, 4.69) is 16.1 Å². The highest BCUT2D eigenvalue weighted by atomic mass is 16.7. The molecule has 162 valence electrons. The van der Waals surface area contributed by atoms with Crippen molar-refractivity contribution in [3.8, 4) is 23.1 Å². The molecule has 1 saturated carbocycles. The van der Waals surface area contributed by atoms with E-state index in [-0.39, 0.29) is 5.60 Å². The molecule has 0 radical (unpaired) electrons. The van der Waals surface area contributed by atoms with Crippen molar-refractivity contribution in [3.63, 3.8) is 0 Å². The molecule has 1 saturated heterocycles. The fourth-order valence-corrected chi connectivity index (χ4v) is 4.48. The minimum absolute atomic E-state index is 0.192. The number of fused-ring (bicyclic) bond motifs is 1. The van der Waals surface area contributed by atoms with Crippen LogP contribution in [0.2, 0.25) is 0 Å². The van der Waals surface area contributed by atoms with Crippen LogP contribution < -0.4 is 15.1 Å². The lowest BCUT2D eigenvalue weighted by molar-refractivity contribution is 0.00578. The number of hydrogen-bond acceptors (Lipinski definition) is 7. The summed E-state index contributed by atoms with van der Waals surface area (Å²) in [6.45, 7) is 10.8. The molecule has 2 aliphatic heterocycles. The Bertz CT molecular complexity index is 1110. The van der Waals surface area contributed by atoms with Crippen LogP contribution in [0.1, 0.15) is 51.8 Å². The van der Waals surface area contributed by atoms with Crippen LogP contribution in [0.25, 0.3) is 11.3 Å². The molecule has 3 aliphatic rings. The number of pyridine rings is 1. The Morgan fingerprint density at radius 3 is 2.35 bits per heavy atom. The summed E-state index contributed by atoms with van der Waals surface area (Å²) < 4.78 is 20.7. The third-order valence-electron chi connectivity index (χ3n) is 7.15. The molecule has 0 amide bonds. The van der Waals surface area contributed by atoms with Gasteiger partial charge in [-0.2, -0.15) is 10.4 Å². The van der Waals surface area contributed by atoms with E-state index in [4.69, 9.17) is 19.0 Å². The highest BCUT2D eigenvalue weighted by Gasteiger charge is 2.54. The molecular formula is C22H28BN5O3. The van der Waals surface area contributed by atoms with Gasteiger partial charge in [-0.25, -0.2) is 4.98 Å². The molecule has 0 N–H and O–H groups in total. The fraction of sp³-hybridized carbons (Fsp3) is 0.591. The van der Waals surface area contributed by atoms with Gasteiger partial charge >= 0.3 is 7.12 Å². The summed E-state index contributed by atoms with van der Waals surface area (Å²) in [5.41, 5.74) is 2.37. The highest BCUT2D eigenvalue weighted by molar-refractivity contribution is 6.63. The molecule has 0 bridgehead atoms. The Morgan fingerprint density at radius 1 is 1.13 bits per heavy atom. The summed E-state index contributed by atoms with van der Waals surface area (Å²) in [6, 6.07) is 2.40. The van der Waals surface area contributed by atoms with Crippen LogP contribution in [-0.2, 0) is 16.4 Å².